The lowest BCUT2D eigenvalue weighted by molar-refractivity contribution is -0.302. The molecule has 0 aromatic carbocycles. The first-order valence-corrected chi connectivity index (χ1v) is 32.1. The molecule has 1 aliphatic rings. The van der Waals surface area contributed by atoms with E-state index in [4.69, 9.17) is 14.2 Å². The molecule has 11 nitrogen and oxygen atoms in total. The zero-order valence-corrected chi connectivity index (χ0v) is 48.8. The summed E-state index contributed by atoms with van der Waals surface area (Å²) in [5, 5.41) is 54.2. The second-order valence-electron chi connectivity index (χ2n) is 22.5. The summed E-state index contributed by atoms with van der Waals surface area (Å²) >= 11 is 0. The summed E-state index contributed by atoms with van der Waals surface area (Å²) in [6.07, 6.45) is 55.9. The van der Waals surface area contributed by atoms with Crippen LogP contribution in [0.25, 0.3) is 0 Å². The second kappa shape index (κ2) is 54.1. The average Bonchev–Trinajstić information content (AvgIpc) is 3.41. The van der Waals surface area contributed by atoms with E-state index in [1.807, 2.05) is 6.08 Å². The minimum atomic E-state index is -1.57. The van der Waals surface area contributed by atoms with Crippen LogP contribution in [0.5, 0.6) is 0 Å². The van der Waals surface area contributed by atoms with Gasteiger partial charge in [-0.1, -0.05) is 263 Å². The van der Waals surface area contributed by atoms with E-state index >= 15 is 0 Å². The zero-order valence-electron chi connectivity index (χ0n) is 48.8. The maximum absolute atomic E-state index is 13.0. The molecular weight excluding hydrogens is 943 g/mol. The van der Waals surface area contributed by atoms with Crippen LogP contribution in [-0.2, 0) is 23.8 Å². The number of esters is 1. The first-order chi connectivity index (χ1) is 36.7. The fourth-order valence-corrected chi connectivity index (χ4v) is 10.2. The van der Waals surface area contributed by atoms with Gasteiger partial charge in [0.2, 0.25) is 5.91 Å². The molecule has 1 heterocycles. The first-order valence-electron chi connectivity index (χ1n) is 32.1. The standard InChI is InChI=1S/C64H121NO10/c1-3-5-7-9-11-13-14-15-25-29-32-36-40-44-48-52-60(69)73-53-49-45-41-37-33-30-27-24-22-20-18-16-17-19-21-23-26-28-31-35-39-43-47-51-59(68)65-56(57(67)50-46-42-38-34-12-10-8-6-4-2)55-74-64-63(72)62(71)61(70)58(54-66)75-64/h19,21,46,50,56-58,61-64,66-67,70-72H,3-18,20,22-45,47-49,51-55H2,1-2H3,(H,65,68)/b21-19-,50-46+. The van der Waals surface area contributed by atoms with Crippen molar-refractivity contribution >= 4 is 11.9 Å². The Morgan fingerprint density at radius 1 is 0.480 bits per heavy atom. The third kappa shape index (κ3) is 43.7. The Morgan fingerprint density at radius 3 is 1.28 bits per heavy atom. The highest BCUT2D eigenvalue weighted by molar-refractivity contribution is 5.76. The van der Waals surface area contributed by atoms with E-state index in [1.165, 1.54) is 212 Å². The van der Waals surface area contributed by atoms with Gasteiger partial charge in [-0.05, 0) is 57.8 Å². The lowest BCUT2D eigenvalue weighted by Crippen LogP contribution is -2.60. The number of nitrogens with one attached hydrogen (secondary N) is 1. The van der Waals surface area contributed by atoms with E-state index in [0.29, 0.717) is 19.4 Å². The van der Waals surface area contributed by atoms with Crippen LogP contribution in [0.1, 0.15) is 309 Å². The fraction of sp³-hybridized carbons (Fsp3) is 0.906. The summed E-state index contributed by atoms with van der Waals surface area (Å²) in [5.74, 6) is -0.186. The fourth-order valence-electron chi connectivity index (χ4n) is 10.2. The summed E-state index contributed by atoms with van der Waals surface area (Å²) in [5.41, 5.74) is 0. The van der Waals surface area contributed by atoms with Crippen molar-refractivity contribution in [3.63, 3.8) is 0 Å². The molecular formula is C64H121NO10. The van der Waals surface area contributed by atoms with Gasteiger partial charge in [0.05, 0.1) is 32.0 Å². The lowest BCUT2D eigenvalue weighted by atomic mass is 9.99. The molecule has 75 heavy (non-hydrogen) atoms. The quantitative estimate of drug-likeness (QED) is 0.0195. The number of hydrogen-bond donors (Lipinski definition) is 6. The molecule has 11 heteroatoms. The van der Waals surface area contributed by atoms with Crippen molar-refractivity contribution in [2.45, 2.75) is 352 Å². The maximum atomic E-state index is 13.0. The van der Waals surface area contributed by atoms with Crippen molar-refractivity contribution in [1.29, 1.82) is 0 Å². The Balaban J connectivity index is 1.98. The van der Waals surface area contributed by atoms with Gasteiger partial charge in [-0.2, -0.15) is 0 Å². The topological polar surface area (TPSA) is 175 Å². The SMILES string of the molecule is CCCCCCCCC/C=C/C(O)C(COC1OC(CO)C(O)C(O)C1O)NC(=O)CCCCCCCCC/C=C\CCCCCCCCCCCCCCOC(=O)CCCCCCCCCCCCCCCCC. The molecule has 0 bridgehead atoms. The van der Waals surface area contributed by atoms with Crippen LogP contribution in [0.2, 0.25) is 0 Å². The van der Waals surface area contributed by atoms with Crippen molar-refractivity contribution in [2.75, 3.05) is 19.8 Å². The van der Waals surface area contributed by atoms with Crippen LogP contribution in [0.15, 0.2) is 24.3 Å². The molecule has 0 saturated carbocycles. The number of rotatable bonds is 56. The number of allylic oxidation sites excluding steroid dienone is 3. The molecule has 6 N–H and O–H groups in total. The van der Waals surface area contributed by atoms with Crippen LogP contribution in [-0.4, -0.2) is 100 Å². The van der Waals surface area contributed by atoms with Gasteiger partial charge in [0.15, 0.2) is 6.29 Å². The Kier molecular flexibility index (Phi) is 51.3. The van der Waals surface area contributed by atoms with Gasteiger partial charge in [-0.25, -0.2) is 0 Å². The predicted octanol–water partition coefficient (Wildman–Crippen LogP) is 15.3. The molecule has 1 aliphatic heterocycles. The lowest BCUT2D eigenvalue weighted by Gasteiger charge is -2.40. The van der Waals surface area contributed by atoms with Crippen LogP contribution < -0.4 is 5.32 Å². The number of carbonyl (C=O) groups excluding carboxylic acids is 2. The third-order valence-electron chi connectivity index (χ3n) is 15.3. The summed E-state index contributed by atoms with van der Waals surface area (Å²) in [7, 11) is 0. The highest BCUT2D eigenvalue weighted by Crippen LogP contribution is 2.23. The summed E-state index contributed by atoms with van der Waals surface area (Å²) in [6, 6.07) is -0.812. The molecule has 1 saturated heterocycles. The Morgan fingerprint density at radius 2 is 0.853 bits per heavy atom. The monoisotopic (exact) mass is 1060 g/mol. The Bertz CT molecular complexity index is 1300. The Hall–Kier alpha value is -1.86. The molecule has 7 unspecified atom stereocenters. The van der Waals surface area contributed by atoms with Crippen molar-refractivity contribution in [3.8, 4) is 0 Å². The maximum Gasteiger partial charge on any atom is 0.305 e. The number of aliphatic hydroxyl groups excluding tert-OH is 5. The molecule has 7 atom stereocenters. The molecule has 1 rings (SSSR count). The highest BCUT2D eigenvalue weighted by atomic mass is 16.7. The van der Waals surface area contributed by atoms with Crippen molar-refractivity contribution in [3.05, 3.63) is 24.3 Å². The molecule has 0 spiro atoms. The van der Waals surface area contributed by atoms with Crippen molar-refractivity contribution < 1.29 is 49.3 Å². The van der Waals surface area contributed by atoms with E-state index in [-0.39, 0.29) is 18.5 Å². The van der Waals surface area contributed by atoms with Gasteiger partial charge >= 0.3 is 5.97 Å². The molecule has 1 fully saturated rings. The highest BCUT2D eigenvalue weighted by Gasteiger charge is 2.44. The van der Waals surface area contributed by atoms with Crippen LogP contribution in [0.3, 0.4) is 0 Å². The zero-order chi connectivity index (χ0) is 54.5. The summed E-state index contributed by atoms with van der Waals surface area (Å²) < 4.78 is 16.7. The average molecular weight is 1060 g/mol. The Labute approximate surface area is 461 Å². The van der Waals surface area contributed by atoms with Gasteiger partial charge in [-0.3, -0.25) is 9.59 Å². The molecule has 0 aromatic rings. The van der Waals surface area contributed by atoms with E-state index in [9.17, 15) is 35.1 Å². The van der Waals surface area contributed by atoms with Gasteiger partial charge in [0.1, 0.15) is 24.4 Å². The second-order valence-corrected chi connectivity index (χ2v) is 22.5. The minimum Gasteiger partial charge on any atom is -0.466 e. The predicted molar refractivity (Wildman–Crippen MR) is 311 cm³/mol. The van der Waals surface area contributed by atoms with E-state index in [1.54, 1.807) is 6.08 Å². The summed E-state index contributed by atoms with van der Waals surface area (Å²) in [4.78, 5) is 25.1. The number of amides is 1. The van der Waals surface area contributed by atoms with Gasteiger partial charge in [-0.15, -0.1) is 0 Å². The molecule has 0 aliphatic carbocycles. The number of hydrogen-bond acceptors (Lipinski definition) is 10. The number of ether oxygens (including phenoxy) is 3. The van der Waals surface area contributed by atoms with Crippen molar-refractivity contribution in [1.82, 2.24) is 5.32 Å². The molecule has 0 radical (unpaired) electrons. The molecule has 1 amide bonds. The largest absolute Gasteiger partial charge is 0.466 e. The van der Waals surface area contributed by atoms with Crippen molar-refractivity contribution in [2.24, 2.45) is 0 Å². The normalized spacial score (nSPS) is 18.8. The minimum absolute atomic E-state index is 0.00283. The van der Waals surface area contributed by atoms with E-state index < -0.39 is 49.5 Å². The van der Waals surface area contributed by atoms with Gasteiger partial charge < -0.3 is 45.1 Å². The van der Waals surface area contributed by atoms with Gasteiger partial charge in [0, 0.05) is 12.8 Å². The van der Waals surface area contributed by atoms with Crippen LogP contribution in [0.4, 0.5) is 0 Å². The molecule has 0 aromatic heterocycles. The van der Waals surface area contributed by atoms with E-state index in [0.717, 1.165) is 70.6 Å². The first kappa shape index (κ1) is 71.2. The van der Waals surface area contributed by atoms with Crippen LogP contribution in [0, 0.1) is 0 Å². The van der Waals surface area contributed by atoms with Gasteiger partial charge in [0.25, 0.3) is 0 Å². The van der Waals surface area contributed by atoms with E-state index in [2.05, 4.69) is 31.3 Å². The number of carbonyl (C=O) groups is 2. The number of unbranched alkanes of at least 4 members (excludes halogenated alkanes) is 40. The third-order valence-corrected chi connectivity index (χ3v) is 15.3. The number of aliphatic hydroxyl groups is 5. The molecule has 442 valence electrons. The smallest absolute Gasteiger partial charge is 0.305 e. The summed E-state index contributed by atoms with van der Waals surface area (Å²) in [6.45, 7) is 4.33. The van der Waals surface area contributed by atoms with Crippen LogP contribution >= 0.6 is 0 Å².